The first-order valence-corrected chi connectivity index (χ1v) is 11.0. The smallest absolute Gasteiger partial charge is 0.416 e. The second-order valence-electron chi connectivity index (χ2n) is 8.50. The molecule has 0 atom stereocenters. The molecule has 0 bridgehead atoms. The van der Waals surface area contributed by atoms with Crippen LogP contribution in [0.15, 0.2) is 30.5 Å². The van der Waals surface area contributed by atoms with E-state index in [1.165, 1.54) is 18.3 Å². The molecule has 3 heterocycles. The highest BCUT2D eigenvalue weighted by Gasteiger charge is 2.33. The van der Waals surface area contributed by atoms with Crippen molar-refractivity contribution in [1.29, 1.82) is 0 Å². The van der Waals surface area contributed by atoms with Gasteiger partial charge in [-0.25, -0.2) is 14.0 Å². The van der Waals surface area contributed by atoms with Crippen LogP contribution in [0.25, 0.3) is 0 Å². The Bertz CT molecular complexity index is 1040. The lowest BCUT2D eigenvalue weighted by Crippen LogP contribution is -2.49. The van der Waals surface area contributed by atoms with Gasteiger partial charge in [0.25, 0.3) is 0 Å². The van der Waals surface area contributed by atoms with Crippen molar-refractivity contribution in [2.75, 3.05) is 44.2 Å². The second kappa shape index (κ2) is 9.61. The third kappa shape index (κ3) is 5.32. The van der Waals surface area contributed by atoms with Gasteiger partial charge in [0.15, 0.2) is 5.69 Å². The molecular weight excluding hydrogens is 458 g/mol. The standard InChI is InChI=1S/C22H25F4N5O3/c23-17-3-6-29(7-4-17)19-13-16(22(24,25)26)2-1-15(19)14-28-9-11-30(12-10-28)21(34)31-8-5-18(27-31)20(32)33/h1-2,5,8,13,17H,3-4,6-7,9-12,14H2,(H,32,33). The molecule has 2 fully saturated rings. The van der Waals surface area contributed by atoms with Crippen LogP contribution in [-0.2, 0) is 12.7 Å². The van der Waals surface area contributed by atoms with Crippen molar-refractivity contribution < 1.29 is 32.3 Å². The van der Waals surface area contributed by atoms with Gasteiger partial charge in [-0.1, -0.05) is 6.07 Å². The maximum Gasteiger partial charge on any atom is 0.416 e. The molecule has 4 rings (SSSR count). The average Bonchev–Trinajstić information content (AvgIpc) is 3.30. The molecule has 0 aliphatic carbocycles. The molecule has 2 saturated heterocycles. The Morgan fingerprint density at radius 3 is 2.29 bits per heavy atom. The first-order valence-electron chi connectivity index (χ1n) is 11.0. The number of carboxylic acids is 1. The van der Waals surface area contributed by atoms with Crippen LogP contribution in [0.1, 0.15) is 34.5 Å². The number of piperazine rings is 1. The molecule has 8 nitrogen and oxygen atoms in total. The third-order valence-electron chi connectivity index (χ3n) is 6.22. The topological polar surface area (TPSA) is 81.9 Å². The SMILES string of the molecule is O=C(O)c1ccn(C(=O)N2CCN(Cc3ccc(C(F)(F)F)cc3N3CCC(F)CC3)CC2)n1. The van der Waals surface area contributed by atoms with E-state index in [9.17, 15) is 27.2 Å². The number of piperidine rings is 1. The average molecular weight is 483 g/mol. The van der Waals surface area contributed by atoms with Crippen molar-refractivity contribution in [3.63, 3.8) is 0 Å². The number of rotatable bonds is 4. The van der Waals surface area contributed by atoms with Gasteiger partial charge < -0.3 is 14.9 Å². The van der Waals surface area contributed by atoms with E-state index >= 15 is 0 Å². The molecule has 1 amide bonds. The fourth-order valence-corrected chi connectivity index (χ4v) is 4.28. The van der Waals surface area contributed by atoms with Gasteiger partial charge in [0.2, 0.25) is 0 Å². The van der Waals surface area contributed by atoms with Crippen LogP contribution in [0, 0.1) is 0 Å². The number of halogens is 4. The number of aromatic nitrogens is 2. The number of benzene rings is 1. The minimum atomic E-state index is -4.47. The molecule has 1 N–H and O–H groups in total. The molecule has 0 spiro atoms. The van der Waals surface area contributed by atoms with E-state index in [0.717, 1.165) is 22.4 Å². The lowest BCUT2D eigenvalue weighted by Gasteiger charge is -2.36. The summed E-state index contributed by atoms with van der Waals surface area (Å²) in [6.07, 6.45) is -3.53. The van der Waals surface area contributed by atoms with E-state index < -0.39 is 29.9 Å². The Morgan fingerprint density at radius 2 is 1.71 bits per heavy atom. The summed E-state index contributed by atoms with van der Waals surface area (Å²) in [5.41, 5.74) is 0.240. The van der Waals surface area contributed by atoms with Crippen molar-refractivity contribution in [3.05, 3.63) is 47.3 Å². The van der Waals surface area contributed by atoms with Gasteiger partial charge in [0.05, 0.1) is 5.56 Å². The number of hydrogen-bond acceptors (Lipinski definition) is 5. The number of amides is 1. The first-order chi connectivity index (χ1) is 16.1. The molecule has 2 aromatic rings. The summed E-state index contributed by atoms with van der Waals surface area (Å²) in [5.74, 6) is -1.22. The Hall–Kier alpha value is -3.15. The van der Waals surface area contributed by atoms with Gasteiger partial charge in [-0.05, 0) is 36.6 Å². The molecule has 2 aliphatic heterocycles. The molecule has 184 valence electrons. The fraction of sp³-hybridized carbons (Fsp3) is 0.500. The predicted octanol–water partition coefficient (Wildman–Crippen LogP) is 3.32. The number of hydrogen-bond donors (Lipinski definition) is 1. The van der Waals surface area contributed by atoms with Crippen molar-refractivity contribution in [2.45, 2.75) is 31.7 Å². The van der Waals surface area contributed by atoms with Crippen LogP contribution < -0.4 is 4.90 Å². The summed E-state index contributed by atoms with van der Waals surface area (Å²) in [6, 6.07) is 4.50. The number of alkyl halides is 4. The molecule has 1 aromatic carbocycles. The van der Waals surface area contributed by atoms with Crippen LogP contribution in [0.4, 0.5) is 28.0 Å². The summed E-state index contributed by atoms with van der Waals surface area (Å²) < 4.78 is 54.6. The van der Waals surface area contributed by atoms with E-state index in [4.69, 9.17) is 5.11 Å². The number of carbonyl (C=O) groups is 2. The van der Waals surface area contributed by atoms with E-state index in [-0.39, 0.29) is 18.5 Å². The first kappa shape index (κ1) is 24.0. The zero-order valence-corrected chi connectivity index (χ0v) is 18.3. The van der Waals surface area contributed by atoms with Gasteiger partial charge in [0, 0.05) is 57.7 Å². The minimum absolute atomic E-state index is 0.224. The third-order valence-corrected chi connectivity index (χ3v) is 6.22. The Balaban J connectivity index is 1.43. The Labute approximate surface area is 193 Å². The highest BCUT2D eigenvalue weighted by molar-refractivity contribution is 5.86. The highest BCUT2D eigenvalue weighted by Crippen LogP contribution is 2.35. The van der Waals surface area contributed by atoms with Crippen molar-refractivity contribution in [2.24, 2.45) is 0 Å². The maximum absolute atomic E-state index is 13.6. The lowest BCUT2D eigenvalue weighted by atomic mass is 10.0. The molecule has 34 heavy (non-hydrogen) atoms. The number of anilines is 1. The molecule has 12 heteroatoms. The predicted molar refractivity (Wildman–Crippen MR) is 115 cm³/mol. The van der Waals surface area contributed by atoms with E-state index in [1.807, 2.05) is 9.80 Å². The van der Waals surface area contributed by atoms with E-state index in [1.54, 1.807) is 4.90 Å². The number of carboxylic acid groups (broad SMARTS) is 1. The summed E-state index contributed by atoms with van der Waals surface area (Å²) in [6.45, 7) is 2.84. The van der Waals surface area contributed by atoms with Gasteiger partial charge in [-0.2, -0.15) is 23.0 Å². The molecule has 0 unspecified atom stereocenters. The molecule has 2 aliphatic rings. The van der Waals surface area contributed by atoms with Gasteiger partial charge in [0.1, 0.15) is 6.17 Å². The van der Waals surface area contributed by atoms with Crippen molar-refractivity contribution in [3.8, 4) is 0 Å². The minimum Gasteiger partial charge on any atom is -0.476 e. The largest absolute Gasteiger partial charge is 0.476 e. The van der Waals surface area contributed by atoms with Crippen LogP contribution in [0.5, 0.6) is 0 Å². The monoisotopic (exact) mass is 483 g/mol. The number of nitrogens with zero attached hydrogens (tertiary/aromatic N) is 5. The number of aromatic carboxylic acids is 1. The Kier molecular flexibility index (Phi) is 6.78. The highest BCUT2D eigenvalue weighted by atomic mass is 19.4. The zero-order chi connectivity index (χ0) is 24.5. The summed E-state index contributed by atoms with van der Waals surface area (Å²) in [5, 5.41) is 12.7. The summed E-state index contributed by atoms with van der Waals surface area (Å²) in [4.78, 5) is 29.0. The summed E-state index contributed by atoms with van der Waals surface area (Å²) >= 11 is 0. The van der Waals surface area contributed by atoms with Crippen LogP contribution in [-0.4, -0.2) is 82.1 Å². The van der Waals surface area contributed by atoms with Gasteiger partial charge in [-0.3, -0.25) is 4.90 Å². The van der Waals surface area contributed by atoms with E-state index in [2.05, 4.69) is 5.10 Å². The zero-order valence-electron chi connectivity index (χ0n) is 18.3. The molecule has 0 saturated carbocycles. The normalized spacial score (nSPS) is 18.4. The van der Waals surface area contributed by atoms with Gasteiger partial charge in [-0.15, -0.1) is 0 Å². The lowest BCUT2D eigenvalue weighted by molar-refractivity contribution is -0.137. The molecule has 0 radical (unpaired) electrons. The molecule has 1 aromatic heterocycles. The van der Waals surface area contributed by atoms with Crippen LogP contribution in [0.2, 0.25) is 0 Å². The van der Waals surface area contributed by atoms with Crippen LogP contribution in [0.3, 0.4) is 0 Å². The van der Waals surface area contributed by atoms with Crippen LogP contribution >= 0.6 is 0 Å². The number of carbonyl (C=O) groups excluding carboxylic acids is 1. The van der Waals surface area contributed by atoms with Crippen molar-refractivity contribution >= 4 is 17.7 Å². The second-order valence-corrected chi connectivity index (χ2v) is 8.50. The van der Waals surface area contributed by atoms with Gasteiger partial charge >= 0.3 is 18.2 Å². The Morgan fingerprint density at radius 1 is 1.03 bits per heavy atom. The summed E-state index contributed by atoms with van der Waals surface area (Å²) in [7, 11) is 0. The maximum atomic E-state index is 13.6. The van der Waals surface area contributed by atoms with E-state index in [0.29, 0.717) is 51.5 Å². The fourth-order valence-electron chi connectivity index (χ4n) is 4.28. The molecular formula is C22H25F4N5O3. The van der Waals surface area contributed by atoms with Crippen molar-refractivity contribution in [1.82, 2.24) is 19.6 Å². The quantitative estimate of drug-likeness (QED) is 0.672.